The van der Waals surface area contributed by atoms with Gasteiger partial charge in [-0.25, -0.2) is 8.42 Å². The SMILES string of the molecule is CCCN([C@@H]1CCNC1)S(=O)(=O)c1c(C)nn(C)c1C. The number of aromatic nitrogens is 2. The van der Waals surface area contributed by atoms with Crippen LogP contribution in [0.5, 0.6) is 0 Å². The molecule has 0 amide bonds. The Labute approximate surface area is 121 Å². The lowest BCUT2D eigenvalue weighted by Gasteiger charge is -2.27. The average molecular weight is 300 g/mol. The topological polar surface area (TPSA) is 67.2 Å². The smallest absolute Gasteiger partial charge is 0.247 e. The van der Waals surface area contributed by atoms with Crippen molar-refractivity contribution in [3.63, 3.8) is 0 Å². The first kappa shape index (κ1) is 15.5. The molecule has 1 N–H and O–H groups in total. The van der Waals surface area contributed by atoms with Gasteiger partial charge in [0.1, 0.15) is 4.90 Å². The van der Waals surface area contributed by atoms with Crippen LogP contribution in [0.25, 0.3) is 0 Å². The summed E-state index contributed by atoms with van der Waals surface area (Å²) in [7, 11) is -1.70. The maximum absolute atomic E-state index is 13.0. The third-order valence-corrected chi connectivity index (χ3v) is 6.10. The van der Waals surface area contributed by atoms with Crippen LogP contribution < -0.4 is 5.32 Å². The van der Waals surface area contributed by atoms with Crippen LogP contribution in [0.2, 0.25) is 0 Å². The number of nitrogens with one attached hydrogen (secondary N) is 1. The van der Waals surface area contributed by atoms with Crippen LogP contribution in [-0.4, -0.2) is 48.2 Å². The van der Waals surface area contributed by atoms with Gasteiger partial charge in [-0.15, -0.1) is 0 Å². The van der Waals surface area contributed by atoms with Gasteiger partial charge in [-0.05, 0) is 33.2 Å². The largest absolute Gasteiger partial charge is 0.315 e. The number of aryl methyl sites for hydroxylation is 2. The van der Waals surface area contributed by atoms with Crippen LogP contribution in [0.1, 0.15) is 31.2 Å². The van der Waals surface area contributed by atoms with Crippen molar-refractivity contribution in [2.24, 2.45) is 7.05 Å². The van der Waals surface area contributed by atoms with Crippen molar-refractivity contribution in [2.45, 2.75) is 44.6 Å². The molecule has 0 aromatic carbocycles. The average Bonchev–Trinajstić information content (AvgIpc) is 2.96. The van der Waals surface area contributed by atoms with Crippen molar-refractivity contribution in [3.8, 4) is 0 Å². The highest BCUT2D eigenvalue weighted by Crippen LogP contribution is 2.26. The fraction of sp³-hybridized carbons (Fsp3) is 0.769. The van der Waals surface area contributed by atoms with E-state index in [1.54, 1.807) is 23.0 Å². The molecule has 20 heavy (non-hydrogen) atoms. The van der Waals surface area contributed by atoms with Crippen LogP contribution >= 0.6 is 0 Å². The summed E-state index contributed by atoms with van der Waals surface area (Å²) in [6.45, 7) is 7.75. The number of hydrogen-bond donors (Lipinski definition) is 1. The fourth-order valence-electron chi connectivity index (χ4n) is 2.85. The second kappa shape index (κ2) is 5.83. The van der Waals surface area contributed by atoms with E-state index in [0.29, 0.717) is 22.8 Å². The summed E-state index contributed by atoms with van der Waals surface area (Å²) >= 11 is 0. The Hall–Kier alpha value is -0.920. The van der Waals surface area contributed by atoms with E-state index in [1.165, 1.54) is 0 Å². The molecular formula is C13H24N4O2S. The number of rotatable bonds is 5. The molecule has 2 heterocycles. The molecular weight excluding hydrogens is 276 g/mol. The molecule has 0 unspecified atom stereocenters. The third kappa shape index (κ3) is 2.62. The van der Waals surface area contributed by atoms with Crippen molar-refractivity contribution < 1.29 is 8.42 Å². The van der Waals surface area contributed by atoms with Gasteiger partial charge in [-0.2, -0.15) is 9.40 Å². The molecule has 0 bridgehead atoms. The van der Waals surface area contributed by atoms with Gasteiger partial charge >= 0.3 is 0 Å². The Morgan fingerprint density at radius 2 is 2.15 bits per heavy atom. The number of sulfonamides is 1. The van der Waals surface area contributed by atoms with Crippen molar-refractivity contribution in [1.82, 2.24) is 19.4 Å². The maximum atomic E-state index is 13.0. The predicted octanol–water partition coefficient (Wildman–Crippen LogP) is 0.800. The van der Waals surface area contributed by atoms with Crippen LogP contribution in [0.4, 0.5) is 0 Å². The first-order chi connectivity index (χ1) is 9.39. The zero-order chi connectivity index (χ0) is 14.9. The van der Waals surface area contributed by atoms with Crippen molar-refractivity contribution in [1.29, 1.82) is 0 Å². The number of nitrogens with zero attached hydrogens (tertiary/aromatic N) is 3. The van der Waals surface area contributed by atoms with Gasteiger partial charge in [0.15, 0.2) is 0 Å². The first-order valence-electron chi connectivity index (χ1n) is 7.12. The summed E-state index contributed by atoms with van der Waals surface area (Å²) < 4.78 is 29.3. The highest BCUT2D eigenvalue weighted by atomic mass is 32.2. The lowest BCUT2D eigenvalue weighted by Crippen LogP contribution is -2.42. The molecule has 6 nitrogen and oxygen atoms in total. The Balaban J connectivity index is 2.44. The highest BCUT2D eigenvalue weighted by Gasteiger charge is 2.35. The monoisotopic (exact) mass is 300 g/mol. The van der Waals surface area contributed by atoms with Crippen LogP contribution in [0.15, 0.2) is 4.90 Å². The Morgan fingerprint density at radius 1 is 1.45 bits per heavy atom. The molecule has 0 saturated carbocycles. The van der Waals surface area contributed by atoms with Crippen molar-refractivity contribution in [2.75, 3.05) is 19.6 Å². The Bertz CT molecular complexity index is 573. The van der Waals surface area contributed by atoms with E-state index < -0.39 is 10.0 Å². The summed E-state index contributed by atoms with van der Waals surface area (Å²) in [6, 6.07) is 0.0546. The molecule has 1 fully saturated rings. The molecule has 2 rings (SSSR count). The predicted molar refractivity (Wildman–Crippen MR) is 78.1 cm³/mol. The minimum Gasteiger partial charge on any atom is -0.315 e. The standard InChI is InChI=1S/C13H24N4O2S/c1-5-8-17(12-6-7-14-9-12)20(18,19)13-10(2)15-16(4)11(13)3/h12,14H,5-9H2,1-4H3/t12-/m1/s1. The van der Waals surface area contributed by atoms with Crippen molar-refractivity contribution in [3.05, 3.63) is 11.4 Å². The molecule has 1 aromatic heterocycles. The van der Waals surface area contributed by atoms with E-state index in [4.69, 9.17) is 0 Å². The fourth-order valence-corrected chi connectivity index (χ4v) is 5.00. The molecule has 1 aromatic rings. The molecule has 114 valence electrons. The van der Waals surface area contributed by atoms with E-state index in [2.05, 4.69) is 10.4 Å². The highest BCUT2D eigenvalue weighted by molar-refractivity contribution is 7.89. The van der Waals surface area contributed by atoms with Crippen LogP contribution in [0, 0.1) is 13.8 Å². The molecule has 1 saturated heterocycles. The van der Waals surface area contributed by atoms with Gasteiger partial charge in [0.2, 0.25) is 10.0 Å². The van der Waals surface area contributed by atoms with Crippen LogP contribution in [0.3, 0.4) is 0 Å². The zero-order valence-electron chi connectivity index (χ0n) is 12.7. The van der Waals surface area contributed by atoms with Crippen molar-refractivity contribution >= 4 is 10.0 Å². The first-order valence-corrected chi connectivity index (χ1v) is 8.56. The second-order valence-corrected chi connectivity index (χ2v) is 7.21. The van der Waals surface area contributed by atoms with E-state index in [-0.39, 0.29) is 6.04 Å². The summed E-state index contributed by atoms with van der Waals surface area (Å²) in [5.41, 5.74) is 1.28. The van der Waals surface area contributed by atoms with Gasteiger partial charge in [0.25, 0.3) is 0 Å². The van der Waals surface area contributed by atoms with Gasteiger partial charge < -0.3 is 5.32 Å². The minimum atomic E-state index is -3.48. The normalized spacial score (nSPS) is 19.9. The van der Waals surface area contributed by atoms with Gasteiger partial charge in [0, 0.05) is 26.2 Å². The lowest BCUT2D eigenvalue weighted by atomic mass is 10.2. The molecule has 0 radical (unpaired) electrons. The van der Waals surface area contributed by atoms with E-state index in [9.17, 15) is 8.42 Å². The molecule has 7 heteroatoms. The minimum absolute atomic E-state index is 0.0546. The van der Waals surface area contributed by atoms with Gasteiger partial charge in [0.05, 0.1) is 11.4 Å². The van der Waals surface area contributed by atoms with E-state index >= 15 is 0 Å². The molecule has 0 aliphatic carbocycles. The summed E-state index contributed by atoms with van der Waals surface area (Å²) in [4.78, 5) is 0.375. The van der Waals surface area contributed by atoms with E-state index in [1.807, 2.05) is 13.8 Å². The third-order valence-electron chi connectivity index (χ3n) is 3.89. The molecule has 1 aliphatic rings. The number of hydrogen-bond acceptors (Lipinski definition) is 4. The lowest BCUT2D eigenvalue weighted by molar-refractivity contribution is 0.334. The van der Waals surface area contributed by atoms with E-state index in [0.717, 1.165) is 25.9 Å². The summed E-state index contributed by atoms with van der Waals surface area (Å²) in [5, 5.41) is 7.48. The van der Waals surface area contributed by atoms with Gasteiger partial charge in [-0.3, -0.25) is 4.68 Å². The second-order valence-electron chi connectivity index (χ2n) is 5.39. The quantitative estimate of drug-likeness (QED) is 0.873. The molecule has 1 aliphatic heterocycles. The Morgan fingerprint density at radius 3 is 2.60 bits per heavy atom. The Kier molecular flexibility index (Phi) is 4.51. The summed E-state index contributed by atoms with van der Waals surface area (Å²) in [5.74, 6) is 0. The molecule has 0 spiro atoms. The van der Waals surface area contributed by atoms with Gasteiger partial charge in [-0.1, -0.05) is 6.92 Å². The molecule has 1 atom stereocenters. The van der Waals surface area contributed by atoms with Crippen LogP contribution in [-0.2, 0) is 17.1 Å². The maximum Gasteiger partial charge on any atom is 0.247 e. The zero-order valence-corrected chi connectivity index (χ0v) is 13.5. The summed E-state index contributed by atoms with van der Waals surface area (Å²) in [6.07, 6.45) is 1.69.